The number of quaternary nitrogens is 1. The summed E-state index contributed by atoms with van der Waals surface area (Å²) in [6.07, 6.45) is 0. The number of piperazine rings is 1. The molecule has 0 bridgehead atoms. The molecule has 1 aliphatic heterocycles. The molecule has 2 rings (SSSR count). The Hall–Kier alpha value is -1.75. The Morgan fingerprint density at radius 1 is 1.32 bits per heavy atom. The third-order valence-corrected chi connectivity index (χ3v) is 3.79. The topological polar surface area (TPSA) is 66.6 Å². The van der Waals surface area contributed by atoms with E-state index in [9.17, 15) is 9.90 Å². The number of carbonyl (C=O) groups is 1. The number of benzene rings is 1. The highest BCUT2D eigenvalue weighted by Crippen LogP contribution is 2.26. The van der Waals surface area contributed by atoms with Crippen molar-refractivity contribution in [3.8, 4) is 5.75 Å². The minimum absolute atomic E-state index is 0.0403. The van der Waals surface area contributed by atoms with Gasteiger partial charge in [-0.2, -0.15) is 0 Å². The van der Waals surface area contributed by atoms with E-state index in [1.807, 2.05) is 0 Å². The molecule has 5 nitrogen and oxygen atoms in total. The van der Waals surface area contributed by atoms with Crippen LogP contribution in [0.5, 0.6) is 5.75 Å². The zero-order valence-corrected chi connectivity index (χ0v) is 11.8. The van der Waals surface area contributed by atoms with Gasteiger partial charge < -0.3 is 20.2 Å². The zero-order chi connectivity index (χ0) is 14.2. The normalized spacial score (nSPS) is 18.4. The van der Waals surface area contributed by atoms with Crippen molar-refractivity contribution in [2.45, 2.75) is 6.92 Å². The lowest BCUT2D eigenvalue weighted by Gasteiger charge is -2.39. The number of hydrogen-bond acceptors (Lipinski definition) is 3. The Morgan fingerprint density at radius 2 is 1.89 bits per heavy atom. The number of likely N-dealkylation sites (N-methyl/N-ethyl adjacent to an activating group) is 1. The lowest BCUT2D eigenvalue weighted by Crippen LogP contribution is -2.56. The van der Waals surface area contributed by atoms with Gasteiger partial charge in [-0.1, -0.05) is 0 Å². The SMILES string of the molecule is Cc1cc(N)cc(C(=O)N2CC[N+](C)(C)CC2)c1O. The molecule has 1 aliphatic rings. The number of aromatic hydroxyl groups is 1. The fourth-order valence-corrected chi connectivity index (χ4v) is 2.35. The maximum Gasteiger partial charge on any atom is 0.258 e. The van der Waals surface area contributed by atoms with Crippen LogP contribution >= 0.6 is 0 Å². The molecule has 3 N–H and O–H groups in total. The van der Waals surface area contributed by atoms with E-state index in [-0.39, 0.29) is 11.7 Å². The second-order valence-corrected chi connectivity index (χ2v) is 5.91. The monoisotopic (exact) mass is 264 g/mol. The number of nitrogens with zero attached hydrogens (tertiary/aromatic N) is 2. The third kappa shape index (κ3) is 2.81. The fraction of sp³-hybridized carbons (Fsp3) is 0.500. The van der Waals surface area contributed by atoms with Gasteiger partial charge in [-0.15, -0.1) is 0 Å². The first kappa shape index (κ1) is 13.7. The predicted octanol–water partition coefficient (Wildman–Crippen LogP) is 0.815. The van der Waals surface area contributed by atoms with Crippen molar-refractivity contribution in [1.82, 2.24) is 4.90 Å². The van der Waals surface area contributed by atoms with E-state index in [0.29, 0.717) is 29.9 Å². The third-order valence-electron chi connectivity index (χ3n) is 3.79. The highest BCUT2D eigenvalue weighted by atomic mass is 16.3. The van der Waals surface area contributed by atoms with Crippen LogP contribution in [0.1, 0.15) is 15.9 Å². The summed E-state index contributed by atoms with van der Waals surface area (Å²) >= 11 is 0. The summed E-state index contributed by atoms with van der Waals surface area (Å²) in [5, 5.41) is 10.0. The lowest BCUT2D eigenvalue weighted by molar-refractivity contribution is -0.894. The van der Waals surface area contributed by atoms with Gasteiger partial charge >= 0.3 is 0 Å². The minimum atomic E-state index is -0.132. The fourth-order valence-electron chi connectivity index (χ4n) is 2.35. The van der Waals surface area contributed by atoms with E-state index in [1.54, 1.807) is 24.0 Å². The molecule has 1 saturated heterocycles. The molecule has 0 aliphatic carbocycles. The van der Waals surface area contributed by atoms with Crippen LogP contribution in [-0.4, -0.2) is 60.7 Å². The number of nitrogen functional groups attached to an aromatic ring is 1. The molecule has 1 fully saturated rings. The molecule has 1 amide bonds. The number of hydrogen-bond donors (Lipinski definition) is 2. The first-order valence-electron chi connectivity index (χ1n) is 6.50. The summed E-state index contributed by atoms with van der Waals surface area (Å²) in [4.78, 5) is 14.2. The summed E-state index contributed by atoms with van der Waals surface area (Å²) < 4.78 is 0.922. The minimum Gasteiger partial charge on any atom is -0.507 e. The Labute approximate surface area is 113 Å². The number of phenolic OH excluding ortho intramolecular Hbond substituents is 1. The van der Waals surface area contributed by atoms with Crippen LogP contribution in [0, 0.1) is 6.92 Å². The number of amides is 1. The van der Waals surface area contributed by atoms with Gasteiger partial charge in [0, 0.05) is 5.69 Å². The summed E-state index contributed by atoms with van der Waals surface area (Å²) in [7, 11) is 4.31. The van der Waals surface area contributed by atoms with Gasteiger partial charge in [0.25, 0.3) is 5.91 Å². The maximum atomic E-state index is 12.4. The molecule has 0 saturated carbocycles. The van der Waals surface area contributed by atoms with Crippen LogP contribution in [0.15, 0.2) is 12.1 Å². The number of nitrogens with two attached hydrogens (primary N) is 1. The molecule has 104 valence electrons. The summed E-state index contributed by atoms with van der Waals surface area (Å²) in [6.45, 7) is 5.01. The molecule has 5 heteroatoms. The Morgan fingerprint density at radius 3 is 2.47 bits per heavy atom. The summed E-state index contributed by atoms with van der Waals surface area (Å²) in [5.41, 5.74) is 7.21. The molecule has 0 radical (unpaired) electrons. The van der Waals surface area contributed by atoms with Gasteiger partial charge in [-0.3, -0.25) is 4.79 Å². The van der Waals surface area contributed by atoms with Crippen LogP contribution in [0.25, 0.3) is 0 Å². The van der Waals surface area contributed by atoms with Crippen LogP contribution in [0.3, 0.4) is 0 Å². The number of aryl methyl sites for hydroxylation is 1. The lowest BCUT2D eigenvalue weighted by atomic mass is 10.1. The van der Waals surface area contributed by atoms with Gasteiger partial charge in [0.2, 0.25) is 0 Å². The van der Waals surface area contributed by atoms with Crippen LogP contribution in [0.2, 0.25) is 0 Å². The van der Waals surface area contributed by atoms with E-state index in [4.69, 9.17) is 5.73 Å². The molecule has 19 heavy (non-hydrogen) atoms. The quantitative estimate of drug-likeness (QED) is 0.448. The molecule has 1 aromatic carbocycles. The van der Waals surface area contributed by atoms with Crippen molar-refractivity contribution in [3.05, 3.63) is 23.3 Å². The van der Waals surface area contributed by atoms with E-state index in [1.165, 1.54) is 0 Å². The highest BCUT2D eigenvalue weighted by molar-refractivity contribution is 5.98. The van der Waals surface area contributed by atoms with Crippen molar-refractivity contribution in [2.24, 2.45) is 0 Å². The van der Waals surface area contributed by atoms with Gasteiger partial charge in [-0.05, 0) is 24.6 Å². The van der Waals surface area contributed by atoms with Gasteiger partial charge in [-0.25, -0.2) is 0 Å². The molecular weight excluding hydrogens is 242 g/mol. The van der Waals surface area contributed by atoms with Crippen molar-refractivity contribution < 1.29 is 14.4 Å². The van der Waals surface area contributed by atoms with Crippen LogP contribution < -0.4 is 5.73 Å². The van der Waals surface area contributed by atoms with Gasteiger partial charge in [0.15, 0.2) is 0 Å². The first-order valence-corrected chi connectivity index (χ1v) is 6.50. The second kappa shape index (κ2) is 4.74. The van der Waals surface area contributed by atoms with Crippen molar-refractivity contribution >= 4 is 11.6 Å². The maximum absolute atomic E-state index is 12.4. The zero-order valence-electron chi connectivity index (χ0n) is 11.8. The second-order valence-electron chi connectivity index (χ2n) is 5.91. The van der Waals surface area contributed by atoms with Crippen molar-refractivity contribution in [2.75, 3.05) is 46.0 Å². The standard InChI is InChI=1S/C14H21N3O2/c1-10-8-11(15)9-12(13(10)18)14(19)16-4-6-17(2,3)7-5-16/h8-9H,4-7,15H2,1-3H3/p+1. The number of anilines is 1. The van der Waals surface area contributed by atoms with E-state index in [2.05, 4.69) is 14.1 Å². The van der Waals surface area contributed by atoms with Gasteiger partial charge in [0.05, 0.1) is 45.8 Å². The average molecular weight is 264 g/mol. The molecule has 1 heterocycles. The molecular formula is C14H22N3O2+. The highest BCUT2D eigenvalue weighted by Gasteiger charge is 2.29. The predicted molar refractivity (Wildman–Crippen MR) is 75.0 cm³/mol. The molecule has 0 unspecified atom stereocenters. The summed E-state index contributed by atoms with van der Waals surface area (Å²) in [5.74, 6) is -0.0916. The van der Waals surface area contributed by atoms with Crippen LogP contribution in [-0.2, 0) is 0 Å². The van der Waals surface area contributed by atoms with E-state index in [0.717, 1.165) is 17.6 Å². The van der Waals surface area contributed by atoms with Crippen molar-refractivity contribution in [1.29, 1.82) is 0 Å². The molecule has 0 atom stereocenters. The Bertz CT molecular complexity index is 502. The Balaban J connectivity index is 2.21. The summed E-state index contributed by atoms with van der Waals surface area (Å²) in [6, 6.07) is 3.22. The average Bonchev–Trinajstić information content (AvgIpc) is 2.33. The number of carbonyl (C=O) groups excluding carboxylic acids is 1. The van der Waals surface area contributed by atoms with E-state index >= 15 is 0 Å². The molecule has 0 aromatic heterocycles. The number of rotatable bonds is 1. The largest absolute Gasteiger partial charge is 0.507 e. The number of phenols is 1. The first-order chi connectivity index (χ1) is 8.80. The smallest absolute Gasteiger partial charge is 0.258 e. The van der Waals surface area contributed by atoms with Crippen LogP contribution in [0.4, 0.5) is 5.69 Å². The van der Waals surface area contributed by atoms with E-state index < -0.39 is 0 Å². The molecule has 0 spiro atoms. The molecule has 1 aromatic rings. The van der Waals surface area contributed by atoms with Gasteiger partial charge in [0.1, 0.15) is 5.75 Å². The van der Waals surface area contributed by atoms with Crippen molar-refractivity contribution in [3.63, 3.8) is 0 Å². The Kier molecular flexibility index (Phi) is 3.41.